The summed E-state index contributed by atoms with van der Waals surface area (Å²) < 4.78 is 4.98. The topological polar surface area (TPSA) is 43.4 Å². The van der Waals surface area contributed by atoms with Gasteiger partial charge in [-0.25, -0.2) is 4.79 Å². The molecule has 0 fully saturated rings. The number of carbonyl (C=O) groups is 2. The fourth-order valence-electron chi connectivity index (χ4n) is 1.33. The third-order valence-electron chi connectivity index (χ3n) is 2.22. The number of Topliss-reactive ketones (excluding diaryl/α,β-unsaturated/α-hetero) is 1. The Morgan fingerprint density at radius 2 is 1.82 bits per heavy atom. The lowest BCUT2D eigenvalue weighted by atomic mass is 10.2. The van der Waals surface area contributed by atoms with Crippen molar-refractivity contribution in [3.8, 4) is 0 Å². The molecule has 0 saturated heterocycles. The van der Waals surface area contributed by atoms with Gasteiger partial charge in [-0.1, -0.05) is 18.5 Å². The average molecular weight is 255 g/mol. The van der Waals surface area contributed by atoms with Crippen molar-refractivity contribution in [2.24, 2.45) is 0 Å². The first kappa shape index (κ1) is 13.7. The van der Waals surface area contributed by atoms with Crippen LogP contribution in [0, 0.1) is 0 Å². The normalized spacial score (nSPS) is 10.0. The van der Waals surface area contributed by atoms with E-state index in [1.807, 2.05) is 6.92 Å². The van der Waals surface area contributed by atoms with Crippen LogP contribution in [-0.2, 0) is 9.53 Å². The van der Waals surface area contributed by atoms with Gasteiger partial charge in [0.25, 0.3) is 0 Å². The number of esters is 1. The molecule has 0 aromatic heterocycles. The Bertz CT molecular complexity index is 384. The van der Waals surface area contributed by atoms with Gasteiger partial charge < -0.3 is 4.74 Å². The summed E-state index contributed by atoms with van der Waals surface area (Å²) in [6.07, 6.45) is 1.65. The van der Waals surface area contributed by atoms with Crippen LogP contribution in [0.4, 0.5) is 0 Å². The summed E-state index contributed by atoms with van der Waals surface area (Å²) in [5.41, 5.74) is 0.442. The number of halogens is 1. The molecule has 17 heavy (non-hydrogen) atoms. The van der Waals surface area contributed by atoms with Crippen LogP contribution in [0.15, 0.2) is 24.3 Å². The molecule has 1 aromatic rings. The summed E-state index contributed by atoms with van der Waals surface area (Å²) in [6.45, 7) is 2.08. The van der Waals surface area contributed by atoms with Gasteiger partial charge in [0.1, 0.15) is 5.78 Å². The smallest absolute Gasteiger partial charge is 0.338 e. The molecule has 0 unspecified atom stereocenters. The molecule has 0 radical (unpaired) electrons. The Morgan fingerprint density at radius 3 is 2.41 bits per heavy atom. The van der Waals surface area contributed by atoms with E-state index in [4.69, 9.17) is 16.3 Å². The second-order valence-corrected chi connectivity index (χ2v) is 4.12. The lowest BCUT2D eigenvalue weighted by molar-refractivity contribution is -0.119. The van der Waals surface area contributed by atoms with E-state index in [-0.39, 0.29) is 18.8 Å². The molecule has 0 spiro atoms. The standard InChI is InChI=1S/C13H15ClO3/c1-2-3-12(15)8-9-17-13(16)10-4-6-11(14)7-5-10/h4-7H,2-3,8-9H2,1H3. The fourth-order valence-corrected chi connectivity index (χ4v) is 1.46. The number of ketones is 1. The summed E-state index contributed by atoms with van der Waals surface area (Å²) in [5.74, 6) is -0.303. The second kappa shape index (κ2) is 7.07. The maximum Gasteiger partial charge on any atom is 0.338 e. The number of rotatable bonds is 6. The number of benzene rings is 1. The van der Waals surface area contributed by atoms with Crippen molar-refractivity contribution < 1.29 is 14.3 Å². The van der Waals surface area contributed by atoms with Gasteiger partial charge >= 0.3 is 5.97 Å². The van der Waals surface area contributed by atoms with E-state index >= 15 is 0 Å². The monoisotopic (exact) mass is 254 g/mol. The van der Waals surface area contributed by atoms with Gasteiger partial charge in [-0.3, -0.25) is 4.79 Å². The van der Waals surface area contributed by atoms with Crippen molar-refractivity contribution in [3.63, 3.8) is 0 Å². The molecule has 0 atom stereocenters. The molecule has 0 amide bonds. The molecule has 0 N–H and O–H groups in total. The minimum absolute atomic E-state index is 0.122. The Hall–Kier alpha value is -1.35. The largest absolute Gasteiger partial charge is 0.462 e. The second-order valence-electron chi connectivity index (χ2n) is 3.68. The predicted molar refractivity (Wildman–Crippen MR) is 66.3 cm³/mol. The lowest BCUT2D eigenvalue weighted by Gasteiger charge is -2.04. The van der Waals surface area contributed by atoms with Crippen molar-refractivity contribution in [1.82, 2.24) is 0 Å². The van der Waals surface area contributed by atoms with Gasteiger partial charge in [-0.2, -0.15) is 0 Å². The van der Waals surface area contributed by atoms with E-state index in [0.717, 1.165) is 6.42 Å². The minimum atomic E-state index is -0.425. The molecule has 1 aromatic carbocycles. The highest BCUT2D eigenvalue weighted by atomic mass is 35.5. The SMILES string of the molecule is CCCC(=O)CCOC(=O)c1ccc(Cl)cc1. The highest BCUT2D eigenvalue weighted by Crippen LogP contribution is 2.10. The molecule has 4 heteroatoms. The van der Waals surface area contributed by atoms with Crippen molar-refractivity contribution >= 4 is 23.4 Å². The summed E-state index contributed by atoms with van der Waals surface area (Å²) in [7, 11) is 0. The molecule has 0 saturated carbocycles. The van der Waals surface area contributed by atoms with E-state index in [0.29, 0.717) is 17.0 Å². The highest BCUT2D eigenvalue weighted by molar-refractivity contribution is 6.30. The molecule has 92 valence electrons. The van der Waals surface area contributed by atoms with Crippen molar-refractivity contribution in [2.75, 3.05) is 6.61 Å². The van der Waals surface area contributed by atoms with Crippen LogP contribution in [0.25, 0.3) is 0 Å². The zero-order chi connectivity index (χ0) is 12.7. The first-order chi connectivity index (χ1) is 8.13. The summed E-state index contributed by atoms with van der Waals surface area (Å²) in [6, 6.07) is 6.44. The average Bonchev–Trinajstić information content (AvgIpc) is 2.30. The zero-order valence-electron chi connectivity index (χ0n) is 9.74. The van der Waals surface area contributed by atoms with Gasteiger partial charge in [0, 0.05) is 17.9 Å². The maximum absolute atomic E-state index is 11.5. The van der Waals surface area contributed by atoms with Crippen LogP contribution < -0.4 is 0 Å². The van der Waals surface area contributed by atoms with Gasteiger partial charge in [0.2, 0.25) is 0 Å². The molecule has 1 rings (SSSR count). The molecule has 0 heterocycles. The Labute approximate surface area is 106 Å². The van der Waals surface area contributed by atoms with E-state index in [2.05, 4.69) is 0 Å². The Balaban J connectivity index is 2.35. The maximum atomic E-state index is 11.5. The molecular weight excluding hydrogens is 240 g/mol. The third-order valence-corrected chi connectivity index (χ3v) is 2.47. The first-order valence-electron chi connectivity index (χ1n) is 5.58. The molecule has 0 bridgehead atoms. The van der Waals surface area contributed by atoms with Gasteiger partial charge in [-0.15, -0.1) is 0 Å². The number of carbonyl (C=O) groups excluding carboxylic acids is 2. The predicted octanol–water partition coefficient (Wildman–Crippen LogP) is 3.26. The lowest BCUT2D eigenvalue weighted by Crippen LogP contribution is -2.09. The van der Waals surface area contributed by atoms with Crippen LogP contribution in [0.3, 0.4) is 0 Å². The van der Waals surface area contributed by atoms with Crippen LogP contribution >= 0.6 is 11.6 Å². The van der Waals surface area contributed by atoms with Crippen LogP contribution in [0.1, 0.15) is 36.5 Å². The molecule has 0 aliphatic heterocycles. The van der Waals surface area contributed by atoms with Gasteiger partial charge in [-0.05, 0) is 30.7 Å². The van der Waals surface area contributed by atoms with Gasteiger partial charge in [0.05, 0.1) is 12.2 Å². The molecule has 0 aliphatic carbocycles. The van der Waals surface area contributed by atoms with Crippen LogP contribution in [0.2, 0.25) is 5.02 Å². The van der Waals surface area contributed by atoms with E-state index in [9.17, 15) is 9.59 Å². The van der Waals surface area contributed by atoms with E-state index in [1.54, 1.807) is 24.3 Å². The summed E-state index contributed by atoms with van der Waals surface area (Å²) >= 11 is 5.70. The first-order valence-corrected chi connectivity index (χ1v) is 5.95. The number of hydrogen-bond acceptors (Lipinski definition) is 3. The molecular formula is C13H15ClO3. The molecule has 3 nitrogen and oxygen atoms in total. The summed E-state index contributed by atoms with van der Waals surface area (Å²) in [5, 5.41) is 0.569. The van der Waals surface area contributed by atoms with E-state index < -0.39 is 5.97 Å². The fraction of sp³-hybridized carbons (Fsp3) is 0.385. The molecule has 0 aliphatic rings. The minimum Gasteiger partial charge on any atom is -0.462 e. The Morgan fingerprint density at radius 1 is 1.18 bits per heavy atom. The number of hydrogen-bond donors (Lipinski definition) is 0. The Kier molecular flexibility index (Phi) is 5.70. The van der Waals surface area contributed by atoms with Gasteiger partial charge in [0.15, 0.2) is 0 Å². The van der Waals surface area contributed by atoms with Crippen molar-refractivity contribution in [1.29, 1.82) is 0 Å². The van der Waals surface area contributed by atoms with Crippen LogP contribution in [-0.4, -0.2) is 18.4 Å². The third kappa shape index (κ3) is 5.00. The van der Waals surface area contributed by atoms with Crippen molar-refractivity contribution in [2.45, 2.75) is 26.2 Å². The zero-order valence-corrected chi connectivity index (χ0v) is 10.5. The van der Waals surface area contributed by atoms with Crippen LogP contribution in [0.5, 0.6) is 0 Å². The highest BCUT2D eigenvalue weighted by Gasteiger charge is 2.07. The quantitative estimate of drug-likeness (QED) is 0.732. The number of ether oxygens (including phenoxy) is 1. The van der Waals surface area contributed by atoms with E-state index in [1.165, 1.54) is 0 Å². The van der Waals surface area contributed by atoms with Crippen molar-refractivity contribution in [3.05, 3.63) is 34.9 Å². The summed E-state index contributed by atoms with van der Waals surface area (Å²) in [4.78, 5) is 22.7.